The first-order valence-electron chi connectivity index (χ1n) is 17.0. The Labute approximate surface area is 291 Å². The number of aromatic nitrogens is 2. The molecule has 1 N–H and O–H groups in total. The van der Waals surface area contributed by atoms with Crippen LogP contribution in [0.15, 0.2) is 91.2 Å². The maximum atomic E-state index is 15.8. The van der Waals surface area contributed by atoms with Gasteiger partial charge in [0.1, 0.15) is 5.75 Å². The summed E-state index contributed by atoms with van der Waals surface area (Å²) in [5.41, 5.74) is 7.55. The van der Waals surface area contributed by atoms with Crippen LogP contribution in [-0.2, 0) is 12.8 Å². The molecule has 2 aromatic carbocycles. The van der Waals surface area contributed by atoms with E-state index in [1.54, 1.807) is 18.3 Å². The Hall–Kier alpha value is -4.78. The molecule has 1 unspecified atom stereocenters. The van der Waals surface area contributed by atoms with E-state index in [0.29, 0.717) is 64.1 Å². The van der Waals surface area contributed by atoms with Gasteiger partial charge in [0.15, 0.2) is 17.4 Å². The van der Waals surface area contributed by atoms with Crippen LogP contribution in [0.2, 0.25) is 0 Å². The molecule has 1 amide bonds. The third-order valence-electron chi connectivity index (χ3n) is 9.16. The number of benzene rings is 2. The number of amides is 1. The van der Waals surface area contributed by atoms with Crippen molar-refractivity contribution in [1.29, 1.82) is 0 Å². The van der Waals surface area contributed by atoms with Gasteiger partial charge >= 0.3 is 0 Å². The summed E-state index contributed by atoms with van der Waals surface area (Å²) >= 11 is 0. The SMILES string of the molecule is C=CC(=C)c1nc(-c2c(F)c(OC)cc(OCC)c2CC)ncc1C(NC(=O)c1ccc(C/C2=C/C[C@@H](C)/C(C)=C\[C@@H](C)C2)cc1)C(=C)C. The highest BCUT2D eigenvalue weighted by Crippen LogP contribution is 2.39. The lowest BCUT2D eigenvalue weighted by molar-refractivity contribution is 0.0942. The van der Waals surface area contributed by atoms with Crippen molar-refractivity contribution < 1.29 is 18.7 Å². The number of rotatable bonds is 13. The number of methoxy groups -OCH3 is 1. The lowest BCUT2D eigenvalue weighted by Crippen LogP contribution is -2.30. The number of halogens is 1. The van der Waals surface area contributed by atoms with Crippen LogP contribution in [0.5, 0.6) is 11.5 Å². The van der Waals surface area contributed by atoms with Crippen LogP contribution in [0.3, 0.4) is 0 Å². The molecule has 1 aliphatic carbocycles. The molecule has 1 aromatic heterocycles. The highest BCUT2D eigenvalue weighted by atomic mass is 19.1. The number of ether oxygens (including phenoxy) is 2. The maximum Gasteiger partial charge on any atom is 0.252 e. The first kappa shape index (κ1) is 37.0. The topological polar surface area (TPSA) is 73.3 Å². The number of carbonyl (C=O) groups is 1. The van der Waals surface area contributed by atoms with Crippen molar-refractivity contribution in [2.45, 2.75) is 73.3 Å². The van der Waals surface area contributed by atoms with Crippen LogP contribution in [0.1, 0.15) is 93.2 Å². The number of nitrogens with one attached hydrogen (secondary N) is 1. The fourth-order valence-corrected chi connectivity index (χ4v) is 6.30. The Balaban J connectivity index is 1.64. The predicted octanol–water partition coefficient (Wildman–Crippen LogP) is 9.98. The van der Waals surface area contributed by atoms with Crippen LogP contribution in [-0.4, -0.2) is 29.6 Å². The summed E-state index contributed by atoms with van der Waals surface area (Å²) in [4.78, 5) is 23.0. The second-order valence-electron chi connectivity index (χ2n) is 13.0. The molecule has 0 bridgehead atoms. The molecule has 6 nitrogen and oxygen atoms in total. The smallest absolute Gasteiger partial charge is 0.252 e. The molecular formula is C42H50FN3O3. The van der Waals surface area contributed by atoms with Gasteiger partial charge in [0.05, 0.1) is 31.0 Å². The van der Waals surface area contributed by atoms with Crippen molar-refractivity contribution in [3.8, 4) is 22.9 Å². The van der Waals surface area contributed by atoms with Crippen molar-refractivity contribution in [2.24, 2.45) is 11.8 Å². The Kier molecular flexibility index (Phi) is 12.5. The van der Waals surface area contributed by atoms with E-state index in [-0.39, 0.29) is 23.0 Å². The minimum Gasteiger partial charge on any atom is -0.494 e. The monoisotopic (exact) mass is 663 g/mol. The largest absolute Gasteiger partial charge is 0.494 e. The third kappa shape index (κ3) is 8.63. The first-order valence-corrected chi connectivity index (χ1v) is 17.0. The van der Waals surface area contributed by atoms with Crippen molar-refractivity contribution in [2.75, 3.05) is 13.7 Å². The zero-order valence-electron chi connectivity index (χ0n) is 30.1. The Bertz CT molecular complexity index is 1790. The third-order valence-corrected chi connectivity index (χ3v) is 9.16. The van der Waals surface area contributed by atoms with Gasteiger partial charge in [-0.15, -0.1) is 0 Å². The van der Waals surface area contributed by atoms with Gasteiger partial charge in [-0.3, -0.25) is 4.79 Å². The van der Waals surface area contributed by atoms with E-state index >= 15 is 4.39 Å². The molecule has 0 radical (unpaired) electrons. The summed E-state index contributed by atoms with van der Waals surface area (Å²) in [7, 11) is 1.40. The highest BCUT2D eigenvalue weighted by molar-refractivity contribution is 5.95. The molecule has 0 spiro atoms. The molecule has 0 fully saturated rings. The Morgan fingerprint density at radius 1 is 1.16 bits per heavy atom. The van der Waals surface area contributed by atoms with Crippen LogP contribution in [0, 0.1) is 17.7 Å². The highest BCUT2D eigenvalue weighted by Gasteiger charge is 2.26. The molecule has 1 heterocycles. The van der Waals surface area contributed by atoms with Gasteiger partial charge in [0, 0.05) is 29.0 Å². The Morgan fingerprint density at radius 2 is 1.88 bits per heavy atom. The normalized spacial score (nSPS) is 18.9. The summed E-state index contributed by atoms with van der Waals surface area (Å²) in [5.74, 6) is 0.873. The lowest BCUT2D eigenvalue weighted by Gasteiger charge is -2.23. The fourth-order valence-electron chi connectivity index (χ4n) is 6.30. The molecular weight excluding hydrogens is 613 g/mol. The van der Waals surface area contributed by atoms with Gasteiger partial charge in [-0.05, 0) is 81.6 Å². The molecule has 1 aliphatic rings. The molecule has 4 rings (SSSR count). The molecule has 0 saturated carbocycles. The van der Waals surface area contributed by atoms with E-state index in [2.05, 4.69) is 63.0 Å². The van der Waals surface area contributed by atoms with E-state index < -0.39 is 11.9 Å². The van der Waals surface area contributed by atoms with Gasteiger partial charge in [0.2, 0.25) is 0 Å². The second kappa shape index (κ2) is 16.6. The Morgan fingerprint density at radius 3 is 2.49 bits per heavy atom. The van der Waals surface area contributed by atoms with E-state index in [1.807, 2.05) is 45.0 Å². The van der Waals surface area contributed by atoms with E-state index in [0.717, 1.165) is 24.8 Å². The number of nitrogens with zero attached hydrogens (tertiary/aromatic N) is 2. The van der Waals surface area contributed by atoms with Crippen molar-refractivity contribution in [1.82, 2.24) is 15.3 Å². The maximum absolute atomic E-state index is 15.8. The second-order valence-corrected chi connectivity index (χ2v) is 13.0. The van der Waals surface area contributed by atoms with E-state index in [9.17, 15) is 4.79 Å². The summed E-state index contributed by atoms with van der Waals surface area (Å²) in [6, 6.07) is 8.66. The standard InChI is InChI=1S/C42H50FN3O3/c1-11-27(7)40-34(24-44-41(45-40)37-33(12-2)35(49-13-3)23-36(48-10)38(37)43)39(25(4)5)46-42(47)32-18-16-30(17-19-32)22-31-15-14-28(8)29(9)20-26(6)21-31/h11,15-20,23-24,26,28,39H,1,4,7,12-14,21-22H2,2-3,5-6,8-10H3,(H,46,47)/b29-20-,31-15+/t26-,28-,39?/m1/s1. The zero-order valence-corrected chi connectivity index (χ0v) is 30.1. The van der Waals surface area contributed by atoms with Gasteiger partial charge in [-0.2, -0.15) is 0 Å². The van der Waals surface area contributed by atoms with Crippen LogP contribution in [0.4, 0.5) is 4.39 Å². The van der Waals surface area contributed by atoms with Crippen molar-refractivity contribution >= 4 is 11.5 Å². The summed E-state index contributed by atoms with van der Waals surface area (Å²) < 4.78 is 27.0. The van der Waals surface area contributed by atoms with E-state index in [4.69, 9.17) is 14.5 Å². The summed E-state index contributed by atoms with van der Waals surface area (Å²) in [5, 5.41) is 3.11. The average Bonchev–Trinajstić information content (AvgIpc) is 3.08. The molecule has 49 heavy (non-hydrogen) atoms. The molecule has 3 aromatic rings. The average molecular weight is 664 g/mol. The lowest BCUT2D eigenvalue weighted by atomic mass is 9.86. The van der Waals surface area contributed by atoms with Gasteiger partial charge in [0.25, 0.3) is 5.91 Å². The molecule has 7 heteroatoms. The minimum atomic E-state index is -0.646. The quantitative estimate of drug-likeness (QED) is 0.146. The number of carbonyl (C=O) groups excluding carboxylic acids is 1. The number of allylic oxidation sites excluding steroid dienone is 6. The predicted molar refractivity (Wildman–Crippen MR) is 198 cm³/mol. The van der Waals surface area contributed by atoms with Gasteiger partial charge in [-0.25, -0.2) is 14.4 Å². The van der Waals surface area contributed by atoms with Crippen LogP contribution >= 0.6 is 0 Å². The number of hydrogen-bond acceptors (Lipinski definition) is 5. The molecule has 258 valence electrons. The van der Waals surface area contributed by atoms with Crippen molar-refractivity contribution in [3.05, 3.63) is 125 Å². The number of hydrogen-bond donors (Lipinski definition) is 1. The van der Waals surface area contributed by atoms with Gasteiger partial charge < -0.3 is 14.8 Å². The van der Waals surface area contributed by atoms with E-state index in [1.165, 1.54) is 18.3 Å². The van der Waals surface area contributed by atoms with Crippen LogP contribution < -0.4 is 14.8 Å². The zero-order chi connectivity index (χ0) is 35.8. The summed E-state index contributed by atoms with van der Waals surface area (Å²) in [6.07, 6.45) is 11.4. The molecule has 0 saturated heterocycles. The first-order chi connectivity index (χ1) is 23.4. The van der Waals surface area contributed by atoms with Crippen molar-refractivity contribution in [3.63, 3.8) is 0 Å². The van der Waals surface area contributed by atoms with Gasteiger partial charge in [-0.1, -0.05) is 87.6 Å². The summed E-state index contributed by atoms with van der Waals surface area (Å²) in [6.45, 7) is 25.0. The minimum absolute atomic E-state index is 0.0309. The molecule has 0 aliphatic heterocycles. The van der Waals surface area contributed by atoms with Crippen LogP contribution in [0.25, 0.3) is 17.0 Å². The fraction of sp³-hybridized carbons (Fsp3) is 0.357. The molecule has 3 atom stereocenters.